The SMILES string of the molecule is CCCc1ccc(O[C@H]2[C@@H](C)CC23CCCCC3)cc1. The highest BCUT2D eigenvalue weighted by Gasteiger charge is 2.53. The van der Waals surface area contributed by atoms with Gasteiger partial charge in [-0.2, -0.15) is 0 Å². The second-order valence-corrected chi connectivity index (χ2v) is 7.04. The molecule has 0 N–H and O–H groups in total. The van der Waals surface area contributed by atoms with Crippen molar-refractivity contribution in [2.24, 2.45) is 11.3 Å². The monoisotopic (exact) mass is 272 g/mol. The van der Waals surface area contributed by atoms with Gasteiger partial charge in [0.2, 0.25) is 0 Å². The first-order valence-corrected chi connectivity index (χ1v) is 8.49. The third kappa shape index (κ3) is 2.60. The first kappa shape index (κ1) is 14.0. The fourth-order valence-electron chi connectivity index (χ4n) is 4.46. The zero-order valence-electron chi connectivity index (χ0n) is 13.0. The maximum atomic E-state index is 6.39. The van der Waals surface area contributed by atoms with E-state index in [2.05, 4.69) is 38.1 Å². The molecule has 2 aliphatic carbocycles. The van der Waals surface area contributed by atoms with Crippen LogP contribution in [0.4, 0.5) is 0 Å². The van der Waals surface area contributed by atoms with E-state index in [9.17, 15) is 0 Å². The highest BCUT2D eigenvalue weighted by atomic mass is 16.5. The number of hydrogen-bond donors (Lipinski definition) is 0. The topological polar surface area (TPSA) is 9.23 Å². The molecule has 1 heteroatoms. The van der Waals surface area contributed by atoms with Gasteiger partial charge in [0.05, 0.1) is 0 Å². The Labute approximate surface area is 123 Å². The van der Waals surface area contributed by atoms with Crippen molar-refractivity contribution in [3.63, 3.8) is 0 Å². The Morgan fingerprint density at radius 3 is 2.40 bits per heavy atom. The summed E-state index contributed by atoms with van der Waals surface area (Å²) in [5.74, 6) is 1.80. The van der Waals surface area contributed by atoms with Crippen molar-refractivity contribution in [3.05, 3.63) is 29.8 Å². The molecule has 2 fully saturated rings. The van der Waals surface area contributed by atoms with E-state index in [1.165, 1.54) is 56.9 Å². The van der Waals surface area contributed by atoms with Crippen LogP contribution in [0, 0.1) is 11.3 Å². The molecule has 0 saturated heterocycles. The maximum absolute atomic E-state index is 6.39. The zero-order chi connectivity index (χ0) is 14.0. The van der Waals surface area contributed by atoms with Crippen molar-refractivity contribution >= 4 is 0 Å². The summed E-state index contributed by atoms with van der Waals surface area (Å²) >= 11 is 0. The quantitative estimate of drug-likeness (QED) is 0.715. The van der Waals surface area contributed by atoms with E-state index in [1.54, 1.807) is 0 Å². The summed E-state index contributed by atoms with van der Waals surface area (Å²) in [7, 11) is 0. The molecule has 2 atom stereocenters. The molecule has 0 aliphatic heterocycles. The molecule has 0 bridgehead atoms. The molecule has 0 aromatic heterocycles. The van der Waals surface area contributed by atoms with Gasteiger partial charge in [-0.05, 0) is 49.3 Å². The van der Waals surface area contributed by atoms with Crippen molar-refractivity contribution in [1.29, 1.82) is 0 Å². The molecule has 110 valence electrons. The highest BCUT2D eigenvalue weighted by molar-refractivity contribution is 5.28. The molecule has 1 nitrogen and oxygen atoms in total. The lowest BCUT2D eigenvalue weighted by molar-refractivity contribution is -0.116. The summed E-state index contributed by atoms with van der Waals surface area (Å²) in [5.41, 5.74) is 1.94. The van der Waals surface area contributed by atoms with E-state index >= 15 is 0 Å². The molecule has 1 spiro atoms. The van der Waals surface area contributed by atoms with Crippen LogP contribution >= 0.6 is 0 Å². The minimum Gasteiger partial charge on any atom is -0.490 e. The molecule has 20 heavy (non-hydrogen) atoms. The fourth-order valence-corrected chi connectivity index (χ4v) is 4.46. The Morgan fingerprint density at radius 2 is 1.80 bits per heavy atom. The van der Waals surface area contributed by atoms with E-state index in [-0.39, 0.29) is 0 Å². The Bertz CT molecular complexity index is 422. The normalized spacial score (nSPS) is 28.1. The molecular weight excluding hydrogens is 244 g/mol. The maximum Gasteiger partial charge on any atom is 0.119 e. The number of hydrogen-bond acceptors (Lipinski definition) is 1. The van der Waals surface area contributed by atoms with E-state index < -0.39 is 0 Å². The van der Waals surface area contributed by atoms with Crippen LogP contribution in [0.1, 0.15) is 64.4 Å². The lowest BCUT2D eigenvalue weighted by Crippen LogP contribution is -2.55. The number of aryl methyl sites for hydroxylation is 1. The van der Waals surface area contributed by atoms with E-state index in [0.717, 1.165) is 11.7 Å². The minimum absolute atomic E-state index is 0.458. The lowest BCUT2D eigenvalue weighted by atomic mass is 9.54. The molecular formula is C19H28O. The second-order valence-electron chi connectivity index (χ2n) is 7.04. The third-order valence-corrected chi connectivity index (χ3v) is 5.42. The van der Waals surface area contributed by atoms with Crippen LogP contribution in [-0.4, -0.2) is 6.10 Å². The first-order valence-electron chi connectivity index (χ1n) is 8.49. The predicted octanol–water partition coefficient (Wildman–Crippen LogP) is 5.38. The molecule has 2 saturated carbocycles. The van der Waals surface area contributed by atoms with Gasteiger partial charge >= 0.3 is 0 Å². The predicted molar refractivity (Wildman–Crippen MR) is 84.2 cm³/mol. The van der Waals surface area contributed by atoms with Gasteiger partial charge in [0.1, 0.15) is 11.9 Å². The van der Waals surface area contributed by atoms with Crippen molar-refractivity contribution in [2.75, 3.05) is 0 Å². The largest absolute Gasteiger partial charge is 0.490 e. The molecule has 2 aliphatic rings. The summed E-state index contributed by atoms with van der Waals surface area (Å²) in [5, 5.41) is 0. The van der Waals surface area contributed by atoms with E-state index in [1.807, 2.05) is 0 Å². The summed E-state index contributed by atoms with van der Waals surface area (Å²) in [6.45, 7) is 4.59. The van der Waals surface area contributed by atoms with Crippen LogP contribution < -0.4 is 4.74 Å². The van der Waals surface area contributed by atoms with Gasteiger partial charge in [-0.25, -0.2) is 0 Å². The molecule has 1 aromatic rings. The Kier molecular flexibility index (Phi) is 4.05. The first-order chi connectivity index (χ1) is 9.73. The summed E-state index contributed by atoms with van der Waals surface area (Å²) in [6.07, 6.45) is 11.2. The van der Waals surface area contributed by atoms with Gasteiger partial charge in [-0.15, -0.1) is 0 Å². The standard InChI is InChI=1S/C19H28O/c1-3-7-16-8-10-17(11-9-16)20-18-15(2)14-19(18)12-5-4-6-13-19/h8-11,15,18H,3-7,12-14H2,1-2H3/t15-,18-/m0/s1. The number of rotatable bonds is 4. The van der Waals surface area contributed by atoms with Crippen LogP contribution in [-0.2, 0) is 6.42 Å². The van der Waals surface area contributed by atoms with E-state index in [0.29, 0.717) is 11.5 Å². The van der Waals surface area contributed by atoms with Crippen LogP contribution in [0.15, 0.2) is 24.3 Å². The summed E-state index contributed by atoms with van der Waals surface area (Å²) in [6, 6.07) is 8.81. The molecule has 0 unspecified atom stereocenters. The number of benzene rings is 1. The smallest absolute Gasteiger partial charge is 0.119 e. The molecule has 0 radical (unpaired) electrons. The summed E-state index contributed by atoms with van der Waals surface area (Å²) < 4.78 is 6.39. The van der Waals surface area contributed by atoms with Crippen LogP contribution in [0.5, 0.6) is 5.75 Å². The second kappa shape index (κ2) is 5.79. The molecule has 3 rings (SSSR count). The van der Waals surface area contributed by atoms with Crippen LogP contribution in [0.3, 0.4) is 0 Å². The van der Waals surface area contributed by atoms with Gasteiger partial charge in [0.25, 0.3) is 0 Å². The van der Waals surface area contributed by atoms with Crippen molar-refractivity contribution < 1.29 is 4.74 Å². The van der Waals surface area contributed by atoms with E-state index in [4.69, 9.17) is 4.74 Å². The average Bonchev–Trinajstić information content (AvgIpc) is 2.48. The highest BCUT2D eigenvalue weighted by Crippen LogP contribution is 2.56. The lowest BCUT2D eigenvalue weighted by Gasteiger charge is -2.55. The molecule has 0 amide bonds. The molecule has 0 heterocycles. The van der Waals surface area contributed by atoms with Gasteiger partial charge in [0.15, 0.2) is 0 Å². The van der Waals surface area contributed by atoms with Crippen LogP contribution in [0.2, 0.25) is 0 Å². The van der Waals surface area contributed by atoms with Crippen molar-refractivity contribution in [3.8, 4) is 5.75 Å². The van der Waals surface area contributed by atoms with Crippen molar-refractivity contribution in [1.82, 2.24) is 0 Å². The van der Waals surface area contributed by atoms with Gasteiger partial charge < -0.3 is 4.74 Å². The fraction of sp³-hybridized carbons (Fsp3) is 0.684. The third-order valence-electron chi connectivity index (χ3n) is 5.42. The Morgan fingerprint density at radius 1 is 1.10 bits per heavy atom. The average molecular weight is 272 g/mol. The van der Waals surface area contributed by atoms with Gasteiger partial charge in [-0.1, -0.05) is 51.7 Å². The minimum atomic E-state index is 0.458. The Balaban J connectivity index is 1.66. The zero-order valence-corrected chi connectivity index (χ0v) is 13.0. The number of ether oxygens (including phenoxy) is 1. The van der Waals surface area contributed by atoms with Crippen LogP contribution in [0.25, 0.3) is 0 Å². The van der Waals surface area contributed by atoms with Crippen molar-refractivity contribution in [2.45, 2.75) is 71.3 Å². The Hall–Kier alpha value is -0.980. The molecule has 1 aromatic carbocycles. The van der Waals surface area contributed by atoms with Gasteiger partial charge in [-0.3, -0.25) is 0 Å². The summed E-state index contributed by atoms with van der Waals surface area (Å²) in [4.78, 5) is 0. The van der Waals surface area contributed by atoms with Gasteiger partial charge in [0, 0.05) is 5.41 Å².